The topological polar surface area (TPSA) is 140 Å². The fraction of sp³-hybridized carbons (Fsp3) is 0.280. The molecule has 35 heavy (non-hydrogen) atoms. The molecule has 1 heterocycles. The fourth-order valence-electron chi connectivity index (χ4n) is 3.91. The Hall–Kier alpha value is -4.34. The molecule has 0 atom stereocenters. The van der Waals surface area contributed by atoms with Gasteiger partial charge >= 0.3 is 17.8 Å². The molecule has 0 radical (unpaired) electrons. The van der Waals surface area contributed by atoms with E-state index in [2.05, 4.69) is 15.6 Å². The minimum atomic E-state index is -1.00. The number of nitrogens with zero attached hydrogens (tertiary/aromatic N) is 1. The van der Waals surface area contributed by atoms with E-state index in [1.807, 2.05) is 0 Å². The van der Waals surface area contributed by atoms with Gasteiger partial charge < -0.3 is 29.6 Å². The van der Waals surface area contributed by atoms with E-state index in [0.717, 1.165) is 19.3 Å². The molecule has 10 heteroatoms. The Morgan fingerprint density at radius 2 is 1.89 bits per heavy atom. The van der Waals surface area contributed by atoms with E-state index in [4.69, 9.17) is 19.0 Å². The fourth-order valence-corrected chi connectivity index (χ4v) is 3.91. The molecule has 1 saturated carbocycles. The van der Waals surface area contributed by atoms with Crippen molar-refractivity contribution in [2.24, 2.45) is 0 Å². The lowest BCUT2D eigenvalue weighted by Gasteiger charge is -2.42. The lowest BCUT2D eigenvalue weighted by Crippen LogP contribution is -2.56. The molecule has 10 nitrogen and oxygen atoms in total. The van der Waals surface area contributed by atoms with Crippen LogP contribution in [0.2, 0.25) is 0 Å². The van der Waals surface area contributed by atoms with E-state index in [0.29, 0.717) is 41.5 Å². The summed E-state index contributed by atoms with van der Waals surface area (Å²) < 4.78 is 16.4. The predicted molar refractivity (Wildman–Crippen MR) is 125 cm³/mol. The smallest absolute Gasteiger partial charge is 0.335 e. The highest BCUT2D eigenvalue weighted by Crippen LogP contribution is 2.35. The first-order valence-electron chi connectivity index (χ1n) is 11.1. The van der Waals surface area contributed by atoms with Gasteiger partial charge in [-0.1, -0.05) is 0 Å². The van der Waals surface area contributed by atoms with Gasteiger partial charge in [-0.2, -0.15) is 0 Å². The van der Waals surface area contributed by atoms with E-state index in [1.165, 1.54) is 25.6 Å². The van der Waals surface area contributed by atoms with Crippen LogP contribution >= 0.6 is 0 Å². The van der Waals surface area contributed by atoms with Gasteiger partial charge in [-0.15, -0.1) is 0 Å². The van der Waals surface area contributed by atoms with Crippen LogP contribution in [0, 0.1) is 0 Å². The van der Waals surface area contributed by atoms with Gasteiger partial charge in [0.05, 0.1) is 31.0 Å². The third-order valence-corrected chi connectivity index (χ3v) is 6.00. The largest absolute Gasteiger partial charge is 0.496 e. The normalized spacial score (nSPS) is 13.9. The number of carboxylic acids is 1. The highest BCUT2D eigenvalue weighted by atomic mass is 16.5. The number of amides is 2. The Kier molecular flexibility index (Phi) is 7.00. The number of aromatic nitrogens is 1. The Balaban J connectivity index is 1.32. The Bertz CT molecular complexity index is 1200. The van der Waals surface area contributed by atoms with Crippen molar-refractivity contribution in [1.29, 1.82) is 0 Å². The highest BCUT2D eigenvalue weighted by Gasteiger charge is 2.39. The van der Waals surface area contributed by atoms with Gasteiger partial charge in [0.25, 0.3) is 0 Å². The number of aromatic carboxylic acids is 1. The second kappa shape index (κ2) is 10.3. The first-order valence-corrected chi connectivity index (χ1v) is 11.1. The van der Waals surface area contributed by atoms with Crippen molar-refractivity contribution in [3.8, 4) is 22.8 Å². The molecule has 2 aromatic carbocycles. The van der Waals surface area contributed by atoms with Crippen LogP contribution in [0.25, 0.3) is 11.3 Å². The van der Waals surface area contributed by atoms with Gasteiger partial charge in [-0.3, -0.25) is 9.59 Å². The molecule has 182 valence electrons. The molecule has 4 rings (SSSR count). The van der Waals surface area contributed by atoms with Gasteiger partial charge in [0.15, 0.2) is 12.2 Å². The second-order valence-electron chi connectivity index (χ2n) is 8.25. The molecular formula is C25H25N3O7. The van der Waals surface area contributed by atoms with Crippen LogP contribution in [0.15, 0.2) is 59.5 Å². The molecule has 0 unspecified atom stereocenters. The maximum Gasteiger partial charge on any atom is 0.335 e. The van der Waals surface area contributed by atoms with E-state index in [-0.39, 0.29) is 5.56 Å². The number of nitrogens with one attached hydrogen (secondary N) is 2. The van der Waals surface area contributed by atoms with Gasteiger partial charge in [-0.05, 0) is 55.7 Å². The summed E-state index contributed by atoms with van der Waals surface area (Å²) in [6.07, 6.45) is 5.81. The zero-order chi connectivity index (χ0) is 24.8. The van der Waals surface area contributed by atoms with E-state index in [9.17, 15) is 14.4 Å². The van der Waals surface area contributed by atoms with Crippen molar-refractivity contribution in [3.63, 3.8) is 0 Å². The number of carbonyl (C=O) groups excluding carboxylic acids is 2. The molecule has 1 aliphatic rings. The number of carbonyl (C=O) groups is 3. The number of ether oxygens (including phenoxy) is 2. The highest BCUT2D eigenvalue weighted by molar-refractivity contribution is 6.39. The summed E-state index contributed by atoms with van der Waals surface area (Å²) in [6.45, 7) is 0.314. The van der Waals surface area contributed by atoms with E-state index < -0.39 is 23.3 Å². The van der Waals surface area contributed by atoms with Crippen LogP contribution in [0.5, 0.6) is 11.5 Å². The summed E-state index contributed by atoms with van der Waals surface area (Å²) in [5.41, 5.74) is 0.736. The first-order chi connectivity index (χ1) is 16.9. The number of benzene rings is 2. The van der Waals surface area contributed by atoms with Crippen molar-refractivity contribution in [3.05, 3.63) is 60.6 Å². The molecule has 3 N–H and O–H groups in total. The SMILES string of the molecule is COc1cc(NC(=O)C(=O)NC2(CCOc3ccc(C(=O)O)cc3)CCC2)ccc1-c1cnco1. The number of carboxylic acid groups (broad SMARTS) is 1. The van der Waals surface area contributed by atoms with Crippen molar-refractivity contribution < 1.29 is 33.4 Å². The number of methoxy groups -OCH3 is 1. The summed E-state index contributed by atoms with van der Waals surface area (Å²) in [5, 5.41) is 14.4. The summed E-state index contributed by atoms with van der Waals surface area (Å²) in [4.78, 5) is 40.0. The minimum absolute atomic E-state index is 0.177. The zero-order valence-electron chi connectivity index (χ0n) is 19.1. The number of rotatable bonds is 9. The lowest BCUT2D eigenvalue weighted by atomic mass is 9.74. The van der Waals surface area contributed by atoms with Crippen LogP contribution < -0.4 is 20.1 Å². The van der Waals surface area contributed by atoms with Crippen LogP contribution in [-0.4, -0.2) is 47.1 Å². The number of anilines is 1. The molecule has 0 bridgehead atoms. The van der Waals surface area contributed by atoms with Crippen molar-refractivity contribution in [2.75, 3.05) is 19.0 Å². The zero-order valence-corrected chi connectivity index (χ0v) is 19.1. The van der Waals surface area contributed by atoms with Gasteiger partial charge in [0.1, 0.15) is 11.5 Å². The maximum absolute atomic E-state index is 12.6. The van der Waals surface area contributed by atoms with E-state index >= 15 is 0 Å². The molecule has 0 spiro atoms. The van der Waals surface area contributed by atoms with Crippen LogP contribution in [-0.2, 0) is 9.59 Å². The van der Waals surface area contributed by atoms with Crippen LogP contribution in [0.3, 0.4) is 0 Å². The van der Waals surface area contributed by atoms with Gasteiger partial charge in [0, 0.05) is 23.7 Å². The van der Waals surface area contributed by atoms with E-state index in [1.54, 1.807) is 36.5 Å². The summed E-state index contributed by atoms with van der Waals surface area (Å²) >= 11 is 0. The Morgan fingerprint density at radius 3 is 2.49 bits per heavy atom. The molecule has 1 aliphatic carbocycles. The number of hydrogen-bond donors (Lipinski definition) is 3. The van der Waals surface area contributed by atoms with Crippen molar-refractivity contribution in [1.82, 2.24) is 10.3 Å². The van der Waals surface area contributed by atoms with Crippen LogP contribution in [0.4, 0.5) is 5.69 Å². The third kappa shape index (κ3) is 5.60. The van der Waals surface area contributed by atoms with Crippen LogP contribution in [0.1, 0.15) is 36.0 Å². The number of oxazole rings is 1. The Labute approximate surface area is 201 Å². The average Bonchev–Trinajstić information content (AvgIpc) is 3.37. The van der Waals surface area contributed by atoms with Crippen molar-refractivity contribution in [2.45, 2.75) is 31.2 Å². The molecule has 2 amide bonds. The average molecular weight is 479 g/mol. The summed E-state index contributed by atoms with van der Waals surface area (Å²) in [6, 6.07) is 11.1. The summed E-state index contributed by atoms with van der Waals surface area (Å²) in [7, 11) is 1.50. The third-order valence-electron chi connectivity index (χ3n) is 6.00. The molecule has 1 fully saturated rings. The standard InChI is InChI=1S/C25H25N3O7/c1-33-20-13-17(5-8-19(20)21-14-26-15-35-21)27-22(29)23(30)28-25(9-2-10-25)11-12-34-18-6-3-16(4-7-18)24(31)32/h3-8,13-15H,2,9-12H2,1H3,(H,27,29)(H,28,30)(H,31,32). The van der Waals surface area contributed by atoms with Crippen molar-refractivity contribution >= 4 is 23.5 Å². The molecular weight excluding hydrogens is 454 g/mol. The quantitative estimate of drug-likeness (QED) is 0.396. The molecule has 0 saturated heterocycles. The van der Waals surface area contributed by atoms with Gasteiger partial charge in [-0.25, -0.2) is 9.78 Å². The number of hydrogen-bond acceptors (Lipinski definition) is 7. The Morgan fingerprint density at radius 1 is 1.11 bits per heavy atom. The minimum Gasteiger partial charge on any atom is -0.496 e. The predicted octanol–water partition coefficient (Wildman–Crippen LogP) is 3.49. The van der Waals surface area contributed by atoms with Gasteiger partial charge in [0.2, 0.25) is 0 Å². The maximum atomic E-state index is 12.6. The summed E-state index contributed by atoms with van der Waals surface area (Å²) in [5.74, 6) is -0.996. The second-order valence-corrected chi connectivity index (χ2v) is 8.25. The molecule has 0 aliphatic heterocycles. The first kappa shape index (κ1) is 23.8. The molecule has 3 aromatic rings. The lowest BCUT2D eigenvalue weighted by molar-refractivity contribution is -0.138. The monoisotopic (exact) mass is 479 g/mol. The molecule has 1 aromatic heterocycles.